The average Bonchev–Trinajstić information content (AvgIpc) is 3.47. The molecule has 0 spiro atoms. The molecule has 11 nitrogen and oxygen atoms in total. The Kier molecular flexibility index (Phi) is 5.48. The Morgan fingerprint density at radius 2 is 2.06 bits per heavy atom. The van der Waals surface area contributed by atoms with Gasteiger partial charge in [0.15, 0.2) is 11.2 Å². The minimum atomic E-state index is -0.528. The van der Waals surface area contributed by atoms with Gasteiger partial charge in [0.25, 0.3) is 5.56 Å². The summed E-state index contributed by atoms with van der Waals surface area (Å²) in [5.74, 6) is 0.00974. The summed E-state index contributed by atoms with van der Waals surface area (Å²) in [4.78, 5) is 41.8. The number of carbonyl (C=O) groups excluding carboxylic acids is 1. The van der Waals surface area contributed by atoms with E-state index in [-0.39, 0.29) is 23.8 Å². The van der Waals surface area contributed by atoms with Crippen molar-refractivity contribution in [1.29, 1.82) is 5.26 Å². The molecule has 4 rings (SSSR count). The lowest BCUT2D eigenvalue weighted by molar-refractivity contribution is -0.116. The van der Waals surface area contributed by atoms with Crippen LogP contribution in [0.25, 0.3) is 11.2 Å². The zero-order valence-electron chi connectivity index (χ0n) is 18.5. The molecule has 0 aromatic carbocycles. The molecule has 168 valence electrons. The highest BCUT2D eigenvalue weighted by molar-refractivity contribution is 5.92. The van der Waals surface area contributed by atoms with Crippen LogP contribution in [0.1, 0.15) is 29.7 Å². The number of rotatable bonds is 5. The van der Waals surface area contributed by atoms with Crippen molar-refractivity contribution < 1.29 is 9.53 Å². The van der Waals surface area contributed by atoms with E-state index in [0.717, 1.165) is 28.7 Å². The summed E-state index contributed by atoms with van der Waals surface area (Å²) in [5.41, 5.74) is 1.45. The fourth-order valence-electron chi connectivity index (χ4n) is 4.19. The van der Waals surface area contributed by atoms with Gasteiger partial charge in [0.1, 0.15) is 18.4 Å². The first-order chi connectivity index (χ1) is 15.2. The first kappa shape index (κ1) is 21.6. The van der Waals surface area contributed by atoms with Gasteiger partial charge in [-0.2, -0.15) is 5.26 Å². The molecule has 0 bridgehead atoms. The Balaban J connectivity index is 1.67. The SMILES string of the molecule is Cc1c(C#N)c(NC(=O)Cn2cnc3c2c(=O)n(C)c(=O)n3C)n(C[C@H]2CCCO2)c1C. The molecule has 1 N–H and O–H groups in total. The second-order valence-corrected chi connectivity index (χ2v) is 8.09. The van der Waals surface area contributed by atoms with Crippen LogP contribution in [0.5, 0.6) is 0 Å². The fourth-order valence-corrected chi connectivity index (χ4v) is 4.19. The Morgan fingerprint density at radius 3 is 2.72 bits per heavy atom. The normalized spacial score (nSPS) is 15.9. The van der Waals surface area contributed by atoms with Gasteiger partial charge in [-0.15, -0.1) is 0 Å². The van der Waals surface area contributed by atoms with Gasteiger partial charge in [-0.1, -0.05) is 0 Å². The highest BCUT2D eigenvalue weighted by atomic mass is 16.5. The molecular formula is C21H25N7O4. The highest BCUT2D eigenvalue weighted by Gasteiger charge is 2.24. The van der Waals surface area contributed by atoms with Crippen molar-refractivity contribution in [3.8, 4) is 6.07 Å². The lowest BCUT2D eigenvalue weighted by Gasteiger charge is -2.17. The van der Waals surface area contributed by atoms with Crippen molar-refractivity contribution in [1.82, 2.24) is 23.3 Å². The van der Waals surface area contributed by atoms with Crippen molar-refractivity contribution >= 4 is 22.9 Å². The van der Waals surface area contributed by atoms with Crippen molar-refractivity contribution in [2.45, 2.75) is 45.9 Å². The molecule has 11 heteroatoms. The van der Waals surface area contributed by atoms with Crippen LogP contribution in [0, 0.1) is 25.2 Å². The molecule has 1 aliphatic heterocycles. The molecule has 1 atom stereocenters. The number of carbonyl (C=O) groups is 1. The van der Waals surface area contributed by atoms with Gasteiger partial charge in [-0.05, 0) is 32.3 Å². The van der Waals surface area contributed by atoms with E-state index in [1.54, 1.807) is 0 Å². The monoisotopic (exact) mass is 439 g/mol. The van der Waals surface area contributed by atoms with E-state index in [0.29, 0.717) is 24.5 Å². The Bertz CT molecular complexity index is 1380. The second kappa shape index (κ2) is 8.12. The average molecular weight is 439 g/mol. The Hall–Kier alpha value is -3.65. The summed E-state index contributed by atoms with van der Waals surface area (Å²) >= 11 is 0. The number of aryl methyl sites for hydroxylation is 1. The lowest BCUT2D eigenvalue weighted by Crippen LogP contribution is -2.37. The Morgan fingerprint density at radius 1 is 1.31 bits per heavy atom. The summed E-state index contributed by atoms with van der Waals surface area (Å²) in [5, 5.41) is 12.5. The second-order valence-electron chi connectivity index (χ2n) is 8.09. The molecule has 0 radical (unpaired) electrons. The van der Waals surface area contributed by atoms with E-state index in [1.807, 2.05) is 18.4 Å². The molecule has 1 fully saturated rings. The molecule has 1 aliphatic rings. The van der Waals surface area contributed by atoms with Crippen molar-refractivity contribution in [2.24, 2.45) is 14.1 Å². The summed E-state index contributed by atoms with van der Waals surface area (Å²) < 4.78 is 11.3. The molecule has 0 saturated carbocycles. The van der Waals surface area contributed by atoms with Crippen molar-refractivity contribution in [3.05, 3.63) is 44.0 Å². The standard InChI is InChI=1S/C21H25N7O4/c1-12-13(2)28(9-14-6-5-7-32-14)18(15(12)8-22)24-16(29)10-27-11-23-19-17(27)20(30)26(4)21(31)25(19)3/h11,14H,5-7,9-10H2,1-4H3,(H,24,29)/t14-/m1/s1. The summed E-state index contributed by atoms with van der Waals surface area (Å²) in [6.07, 6.45) is 3.30. The largest absolute Gasteiger partial charge is 0.376 e. The number of nitrogens with zero attached hydrogens (tertiary/aromatic N) is 6. The van der Waals surface area contributed by atoms with Crippen LogP contribution in [0.4, 0.5) is 5.82 Å². The first-order valence-electron chi connectivity index (χ1n) is 10.4. The molecule has 1 saturated heterocycles. The number of hydrogen-bond donors (Lipinski definition) is 1. The van der Waals surface area contributed by atoms with Crippen molar-refractivity contribution in [2.75, 3.05) is 11.9 Å². The number of amides is 1. The third-order valence-corrected chi connectivity index (χ3v) is 6.14. The number of fused-ring (bicyclic) bond motifs is 1. The molecular weight excluding hydrogens is 414 g/mol. The predicted octanol–water partition coefficient (Wildman–Crippen LogP) is 0.541. The lowest BCUT2D eigenvalue weighted by atomic mass is 10.2. The molecule has 0 aliphatic carbocycles. The van der Waals surface area contributed by atoms with Gasteiger partial charge in [-0.25, -0.2) is 9.78 Å². The van der Waals surface area contributed by atoms with Gasteiger partial charge in [0.2, 0.25) is 5.91 Å². The maximum Gasteiger partial charge on any atom is 0.332 e. The first-order valence-corrected chi connectivity index (χ1v) is 10.4. The summed E-state index contributed by atoms with van der Waals surface area (Å²) in [6, 6.07) is 2.19. The molecule has 0 unspecified atom stereocenters. The predicted molar refractivity (Wildman–Crippen MR) is 116 cm³/mol. The number of ether oxygens (including phenoxy) is 1. The summed E-state index contributed by atoms with van der Waals surface area (Å²) in [7, 11) is 2.90. The van der Waals surface area contributed by atoms with Gasteiger partial charge in [0.05, 0.1) is 24.5 Å². The number of nitriles is 1. The van der Waals surface area contributed by atoms with E-state index in [2.05, 4.69) is 16.4 Å². The number of hydrogen-bond acceptors (Lipinski definition) is 6. The fraction of sp³-hybridized carbons (Fsp3) is 0.476. The van der Waals surface area contributed by atoms with E-state index in [4.69, 9.17) is 4.74 Å². The van der Waals surface area contributed by atoms with Crippen LogP contribution in [0.3, 0.4) is 0 Å². The van der Waals surface area contributed by atoms with Crippen LogP contribution < -0.4 is 16.6 Å². The maximum atomic E-state index is 13.0. The van der Waals surface area contributed by atoms with Gasteiger partial charge < -0.3 is 19.2 Å². The van der Waals surface area contributed by atoms with Crippen LogP contribution in [-0.4, -0.2) is 41.9 Å². The minimum Gasteiger partial charge on any atom is -0.376 e. The van der Waals surface area contributed by atoms with E-state index in [1.165, 1.54) is 29.6 Å². The minimum absolute atomic E-state index is 0.0320. The number of imidazole rings is 1. The zero-order valence-corrected chi connectivity index (χ0v) is 18.5. The quantitative estimate of drug-likeness (QED) is 0.618. The molecule has 32 heavy (non-hydrogen) atoms. The maximum absolute atomic E-state index is 13.0. The molecule has 1 amide bonds. The third-order valence-electron chi connectivity index (χ3n) is 6.14. The van der Waals surface area contributed by atoms with Gasteiger partial charge in [-0.3, -0.25) is 18.7 Å². The van der Waals surface area contributed by atoms with E-state index >= 15 is 0 Å². The van der Waals surface area contributed by atoms with Gasteiger partial charge in [0, 0.05) is 26.4 Å². The van der Waals surface area contributed by atoms with Gasteiger partial charge >= 0.3 is 5.69 Å². The third kappa shape index (κ3) is 3.42. The number of anilines is 1. The Labute approximate surface area is 183 Å². The molecule has 3 aromatic heterocycles. The van der Waals surface area contributed by atoms with Crippen LogP contribution in [-0.2, 0) is 36.7 Å². The van der Waals surface area contributed by atoms with Crippen LogP contribution in [0.15, 0.2) is 15.9 Å². The van der Waals surface area contributed by atoms with E-state index in [9.17, 15) is 19.6 Å². The topological polar surface area (TPSA) is 129 Å². The smallest absolute Gasteiger partial charge is 0.332 e. The molecule has 4 heterocycles. The van der Waals surface area contributed by atoms with Crippen molar-refractivity contribution in [3.63, 3.8) is 0 Å². The molecule has 3 aromatic rings. The number of nitrogens with one attached hydrogen (secondary N) is 1. The van der Waals surface area contributed by atoms with Crippen LogP contribution in [0.2, 0.25) is 0 Å². The van der Waals surface area contributed by atoms with E-state index < -0.39 is 17.2 Å². The highest BCUT2D eigenvalue weighted by Crippen LogP contribution is 2.28. The van der Waals surface area contributed by atoms with Crippen LogP contribution >= 0.6 is 0 Å². The number of aromatic nitrogens is 5. The summed E-state index contributed by atoms with van der Waals surface area (Å²) in [6.45, 7) is 4.82. The zero-order chi connectivity index (χ0) is 23.2.